The molecule has 74 valence electrons. The number of alkyl halides is 1. The SMILES string of the molecule is NC(=O)C1CCN(C(=O)CBr)CC1. The van der Waals surface area contributed by atoms with E-state index >= 15 is 0 Å². The van der Waals surface area contributed by atoms with Crippen molar-refractivity contribution in [2.45, 2.75) is 12.8 Å². The molecule has 1 aliphatic heterocycles. The van der Waals surface area contributed by atoms with Gasteiger partial charge in [0, 0.05) is 19.0 Å². The van der Waals surface area contributed by atoms with Gasteiger partial charge in [-0.2, -0.15) is 0 Å². The molecular weight excluding hydrogens is 236 g/mol. The molecule has 1 rings (SSSR count). The average Bonchev–Trinajstić information content (AvgIpc) is 2.17. The molecule has 0 aromatic rings. The Hall–Kier alpha value is -0.580. The van der Waals surface area contributed by atoms with Crippen LogP contribution in [0.2, 0.25) is 0 Å². The van der Waals surface area contributed by atoms with E-state index in [0.717, 1.165) is 0 Å². The lowest BCUT2D eigenvalue weighted by atomic mass is 9.96. The van der Waals surface area contributed by atoms with Crippen LogP contribution in [-0.2, 0) is 9.59 Å². The number of nitrogens with zero attached hydrogens (tertiary/aromatic N) is 1. The molecule has 13 heavy (non-hydrogen) atoms. The minimum Gasteiger partial charge on any atom is -0.369 e. The first-order chi connectivity index (χ1) is 6.15. The molecule has 0 radical (unpaired) electrons. The van der Waals surface area contributed by atoms with E-state index in [0.29, 0.717) is 31.3 Å². The van der Waals surface area contributed by atoms with Crippen LogP contribution in [0, 0.1) is 5.92 Å². The predicted molar refractivity (Wildman–Crippen MR) is 52.3 cm³/mol. The van der Waals surface area contributed by atoms with E-state index in [1.165, 1.54) is 0 Å². The van der Waals surface area contributed by atoms with Crippen molar-refractivity contribution >= 4 is 27.7 Å². The third-order valence-corrected chi connectivity index (χ3v) is 2.84. The third-order valence-electron chi connectivity index (χ3n) is 2.36. The fraction of sp³-hybridized carbons (Fsp3) is 0.750. The van der Waals surface area contributed by atoms with E-state index in [2.05, 4.69) is 15.9 Å². The number of likely N-dealkylation sites (tertiary alicyclic amines) is 1. The molecule has 0 saturated carbocycles. The van der Waals surface area contributed by atoms with Gasteiger partial charge in [-0.1, -0.05) is 15.9 Å². The van der Waals surface area contributed by atoms with Gasteiger partial charge in [-0.05, 0) is 12.8 Å². The van der Waals surface area contributed by atoms with Crippen molar-refractivity contribution in [3.63, 3.8) is 0 Å². The summed E-state index contributed by atoms with van der Waals surface area (Å²) in [6, 6.07) is 0. The monoisotopic (exact) mass is 248 g/mol. The van der Waals surface area contributed by atoms with Gasteiger partial charge in [-0.15, -0.1) is 0 Å². The minimum atomic E-state index is -0.244. The van der Waals surface area contributed by atoms with Gasteiger partial charge >= 0.3 is 0 Å². The molecule has 4 nitrogen and oxygen atoms in total. The number of nitrogens with two attached hydrogens (primary N) is 1. The molecule has 1 aliphatic rings. The van der Waals surface area contributed by atoms with Crippen molar-refractivity contribution in [3.05, 3.63) is 0 Å². The Labute approximate surface area is 85.6 Å². The van der Waals surface area contributed by atoms with Crippen LogP contribution in [0.3, 0.4) is 0 Å². The first-order valence-electron chi connectivity index (χ1n) is 4.28. The van der Waals surface area contributed by atoms with E-state index in [1.54, 1.807) is 4.90 Å². The Morgan fingerprint density at radius 1 is 1.38 bits per heavy atom. The van der Waals surface area contributed by atoms with Crippen molar-refractivity contribution in [2.24, 2.45) is 11.7 Å². The Kier molecular flexibility index (Phi) is 3.71. The number of carbonyl (C=O) groups is 2. The highest BCUT2D eigenvalue weighted by molar-refractivity contribution is 9.09. The highest BCUT2D eigenvalue weighted by Crippen LogP contribution is 2.16. The topological polar surface area (TPSA) is 63.4 Å². The van der Waals surface area contributed by atoms with Gasteiger partial charge in [0.05, 0.1) is 5.33 Å². The summed E-state index contributed by atoms with van der Waals surface area (Å²) >= 11 is 3.11. The second-order valence-corrected chi connectivity index (χ2v) is 3.75. The summed E-state index contributed by atoms with van der Waals surface area (Å²) in [5, 5.41) is 0.355. The molecule has 5 heteroatoms. The van der Waals surface area contributed by atoms with Gasteiger partial charge in [0.15, 0.2) is 0 Å². The zero-order valence-electron chi connectivity index (χ0n) is 7.33. The average molecular weight is 249 g/mol. The van der Waals surface area contributed by atoms with Crippen molar-refractivity contribution in [1.82, 2.24) is 4.90 Å². The number of primary amides is 1. The molecule has 0 atom stereocenters. The van der Waals surface area contributed by atoms with Gasteiger partial charge in [0.1, 0.15) is 0 Å². The Morgan fingerprint density at radius 2 is 1.92 bits per heavy atom. The predicted octanol–water partition coefficient (Wildman–Crippen LogP) is 0.105. The molecular formula is C8H13BrN2O2. The van der Waals surface area contributed by atoms with Gasteiger partial charge in [-0.25, -0.2) is 0 Å². The molecule has 0 aliphatic carbocycles. The molecule has 0 spiro atoms. The molecule has 1 fully saturated rings. The number of hydrogen-bond donors (Lipinski definition) is 1. The second kappa shape index (κ2) is 4.60. The maximum atomic E-state index is 11.2. The fourth-order valence-electron chi connectivity index (χ4n) is 1.50. The maximum absolute atomic E-state index is 11.2. The third kappa shape index (κ3) is 2.69. The summed E-state index contributed by atoms with van der Waals surface area (Å²) in [6.45, 7) is 1.30. The van der Waals surface area contributed by atoms with Crippen molar-refractivity contribution < 1.29 is 9.59 Å². The van der Waals surface area contributed by atoms with Crippen LogP contribution < -0.4 is 5.73 Å². The zero-order valence-corrected chi connectivity index (χ0v) is 8.92. The summed E-state index contributed by atoms with van der Waals surface area (Å²) in [5.74, 6) is -0.201. The first-order valence-corrected chi connectivity index (χ1v) is 5.40. The fourth-order valence-corrected chi connectivity index (χ4v) is 1.85. The standard InChI is InChI=1S/C8H13BrN2O2/c9-5-7(12)11-3-1-6(2-4-11)8(10)13/h6H,1-5H2,(H2,10,13). The summed E-state index contributed by atoms with van der Waals surface area (Å²) in [4.78, 5) is 23.8. The van der Waals surface area contributed by atoms with E-state index in [-0.39, 0.29) is 17.7 Å². The largest absolute Gasteiger partial charge is 0.369 e. The Bertz CT molecular complexity index is 212. The Morgan fingerprint density at radius 3 is 2.31 bits per heavy atom. The lowest BCUT2D eigenvalue weighted by molar-refractivity contribution is -0.132. The van der Waals surface area contributed by atoms with Gasteiger partial charge in [0.25, 0.3) is 0 Å². The quantitative estimate of drug-likeness (QED) is 0.706. The van der Waals surface area contributed by atoms with Gasteiger partial charge in [-0.3, -0.25) is 9.59 Å². The van der Waals surface area contributed by atoms with Crippen molar-refractivity contribution in [3.8, 4) is 0 Å². The maximum Gasteiger partial charge on any atom is 0.233 e. The van der Waals surface area contributed by atoms with Crippen LogP contribution in [-0.4, -0.2) is 35.1 Å². The number of carbonyl (C=O) groups excluding carboxylic acids is 2. The van der Waals surface area contributed by atoms with Crippen LogP contribution in [0.5, 0.6) is 0 Å². The molecule has 1 saturated heterocycles. The zero-order chi connectivity index (χ0) is 9.84. The van der Waals surface area contributed by atoms with Crippen molar-refractivity contribution in [2.75, 3.05) is 18.4 Å². The highest BCUT2D eigenvalue weighted by Gasteiger charge is 2.24. The van der Waals surface area contributed by atoms with E-state index in [9.17, 15) is 9.59 Å². The number of amides is 2. The van der Waals surface area contributed by atoms with Crippen molar-refractivity contribution in [1.29, 1.82) is 0 Å². The lowest BCUT2D eigenvalue weighted by Crippen LogP contribution is -2.42. The van der Waals surface area contributed by atoms with E-state index in [1.807, 2.05) is 0 Å². The number of rotatable bonds is 2. The van der Waals surface area contributed by atoms with Gasteiger partial charge < -0.3 is 10.6 Å². The van der Waals surface area contributed by atoms with E-state index in [4.69, 9.17) is 5.73 Å². The van der Waals surface area contributed by atoms with Crippen LogP contribution in [0.25, 0.3) is 0 Å². The summed E-state index contributed by atoms with van der Waals surface area (Å²) < 4.78 is 0. The van der Waals surface area contributed by atoms with Crippen LogP contribution in [0.4, 0.5) is 0 Å². The summed E-state index contributed by atoms with van der Waals surface area (Å²) in [5.41, 5.74) is 5.17. The molecule has 0 unspecified atom stereocenters. The molecule has 0 aromatic heterocycles. The number of piperidine rings is 1. The number of halogens is 1. The van der Waals surface area contributed by atoms with Crippen LogP contribution >= 0.6 is 15.9 Å². The Balaban J connectivity index is 2.39. The first kappa shape index (κ1) is 10.5. The molecule has 2 amide bonds. The minimum absolute atomic E-state index is 0.0422. The van der Waals surface area contributed by atoms with Crippen LogP contribution in [0.1, 0.15) is 12.8 Å². The summed E-state index contributed by atoms with van der Waals surface area (Å²) in [7, 11) is 0. The smallest absolute Gasteiger partial charge is 0.233 e. The highest BCUT2D eigenvalue weighted by atomic mass is 79.9. The molecule has 2 N–H and O–H groups in total. The normalized spacial score (nSPS) is 18.7. The van der Waals surface area contributed by atoms with E-state index < -0.39 is 0 Å². The molecule has 0 bridgehead atoms. The number of hydrogen-bond acceptors (Lipinski definition) is 2. The molecule has 0 aromatic carbocycles. The second-order valence-electron chi connectivity index (χ2n) is 3.19. The van der Waals surface area contributed by atoms with Crippen LogP contribution in [0.15, 0.2) is 0 Å². The van der Waals surface area contributed by atoms with Gasteiger partial charge in [0.2, 0.25) is 11.8 Å². The lowest BCUT2D eigenvalue weighted by Gasteiger charge is -2.30. The summed E-state index contributed by atoms with van der Waals surface area (Å²) in [6.07, 6.45) is 1.40. The molecule has 1 heterocycles.